The van der Waals surface area contributed by atoms with Crippen molar-refractivity contribution in [3.63, 3.8) is 0 Å². The topological polar surface area (TPSA) is 51.0 Å². The van der Waals surface area contributed by atoms with Gasteiger partial charge in [0.15, 0.2) is 5.69 Å². The van der Waals surface area contributed by atoms with Crippen molar-refractivity contribution in [3.8, 4) is 0 Å². The van der Waals surface area contributed by atoms with E-state index < -0.39 is 0 Å². The lowest BCUT2D eigenvalue weighted by molar-refractivity contribution is 0.0734. The van der Waals surface area contributed by atoms with Gasteiger partial charge in [0, 0.05) is 38.2 Å². The Balaban J connectivity index is 2.16. The first-order chi connectivity index (χ1) is 10.1. The largest absolute Gasteiger partial charge is 0.333 e. The molecule has 5 nitrogen and oxygen atoms in total. The van der Waals surface area contributed by atoms with Crippen molar-refractivity contribution >= 4 is 5.91 Å². The Hall–Kier alpha value is -2.17. The molecule has 21 heavy (non-hydrogen) atoms. The number of amides is 1. The van der Waals surface area contributed by atoms with E-state index in [0.717, 1.165) is 30.6 Å². The number of aryl methyl sites for hydroxylation is 2. The first-order valence-electron chi connectivity index (χ1n) is 7.30. The second kappa shape index (κ2) is 7.02. The fraction of sp³-hybridized carbons (Fsp3) is 0.438. The molecule has 2 heterocycles. The van der Waals surface area contributed by atoms with Crippen molar-refractivity contribution in [3.05, 3.63) is 47.5 Å². The standard InChI is InChI=1S/C16H22N4O/c1-4-5-9-20(12-14-7-6-8-17-11-14)16(21)15-10-13(2)19(3)18-15/h6-8,10-11H,4-5,9,12H2,1-3H3. The molecule has 0 bridgehead atoms. The van der Waals surface area contributed by atoms with E-state index in [0.29, 0.717) is 12.2 Å². The van der Waals surface area contributed by atoms with E-state index in [2.05, 4.69) is 17.0 Å². The van der Waals surface area contributed by atoms with Gasteiger partial charge in [-0.3, -0.25) is 14.5 Å². The Kier molecular flexibility index (Phi) is 5.09. The summed E-state index contributed by atoms with van der Waals surface area (Å²) in [4.78, 5) is 18.6. The SMILES string of the molecule is CCCCN(Cc1cccnc1)C(=O)c1cc(C)n(C)n1. The summed E-state index contributed by atoms with van der Waals surface area (Å²) < 4.78 is 1.73. The Bertz CT molecular complexity index is 572. The number of hydrogen-bond donors (Lipinski definition) is 0. The zero-order valence-corrected chi connectivity index (χ0v) is 12.9. The third kappa shape index (κ3) is 3.90. The molecule has 112 valence electrons. The molecule has 1 amide bonds. The fourth-order valence-electron chi connectivity index (χ4n) is 2.14. The number of hydrogen-bond acceptors (Lipinski definition) is 3. The highest BCUT2D eigenvalue weighted by molar-refractivity contribution is 5.92. The summed E-state index contributed by atoms with van der Waals surface area (Å²) >= 11 is 0. The van der Waals surface area contributed by atoms with Crippen LogP contribution in [0.15, 0.2) is 30.6 Å². The summed E-state index contributed by atoms with van der Waals surface area (Å²) in [7, 11) is 1.85. The van der Waals surface area contributed by atoms with Gasteiger partial charge in [0.25, 0.3) is 5.91 Å². The van der Waals surface area contributed by atoms with E-state index in [1.807, 2.05) is 37.1 Å². The van der Waals surface area contributed by atoms with Gasteiger partial charge in [0.1, 0.15) is 0 Å². The molecule has 2 aromatic heterocycles. The molecule has 0 aliphatic heterocycles. The van der Waals surface area contributed by atoms with Gasteiger partial charge in [-0.2, -0.15) is 5.10 Å². The molecule has 0 saturated heterocycles. The van der Waals surface area contributed by atoms with Crippen LogP contribution in [0.2, 0.25) is 0 Å². The van der Waals surface area contributed by atoms with E-state index in [1.165, 1.54) is 0 Å². The van der Waals surface area contributed by atoms with Gasteiger partial charge in [-0.25, -0.2) is 0 Å². The highest BCUT2D eigenvalue weighted by Crippen LogP contribution is 2.11. The van der Waals surface area contributed by atoms with Crippen LogP contribution in [-0.4, -0.2) is 32.1 Å². The zero-order chi connectivity index (χ0) is 15.2. The van der Waals surface area contributed by atoms with Gasteiger partial charge >= 0.3 is 0 Å². The summed E-state index contributed by atoms with van der Waals surface area (Å²) in [5.74, 6) is -0.0176. The van der Waals surface area contributed by atoms with Crippen LogP contribution in [0.5, 0.6) is 0 Å². The van der Waals surface area contributed by atoms with Gasteiger partial charge in [-0.1, -0.05) is 19.4 Å². The van der Waals surface area contributed by atoms with E-state index in [1.54, 1.807) is 17.1 Å². The molecule has 0 atom stereocenters. The Labute approximate surface area is 125 Å². The van der Waals surface area contributed by atoms with Crippen molar-refractivity contribution in [1.82, 2.24) is 19.7 Å². The predicted molar refractivity (Wildman–Crippen MR) is 81.8 cm³/mol. The van der Waals surface area contributed by atoms with E-state index in [-0.39, 0.29) is 5.91 Å². The molecule has 0 aliphatic rings. The van der Waals surface area contributed by atoms with Crippen LogP contribution in [0.25, 0.3) is 0 Å². The molecule has 0 spiro atoms. The van der Waals surface area contributed by atoms with Crippen molar-refractivity contribution in [2.75, 3.05) is 6.54 Å². The third-order valence-electron chi connectivity index (χ3n) is 3.50. The monoisotopic (exact) mass is 286 g/mol. The normalized spacial score (nSPS) is 10.6. The summed E-state index contributed by atoms with van der Waals surface area (Å²) in [5.41, 5.74) is 2.53. The lowest BCUT2D eigenvalue weighted by atomic mass is 10.2. The highest BCUT2D eigenvalue weighted by atomic mass is 16.2. The molecular formula is C16H22N4O. The van der Waals surface area contributed by atoms with Crippen LogP contribution < -0.4 is 0 Å². The summed E-state index contributed by atoms with van der Waals surface area (Å²) in [6.07, 6.45) is 5.58. The second-order valence-corrected chi connectivity index (χ2v) is 5.24. The second-order valence-electron chi connectivity index (χ2n) is 5.24. The molecule has 0 unspecified atom stereocenters. The van der Waals surface area contributed by atoms with Gasteiger partial charge in [-0.15, -0.1) is 0 Å². The molecule has 0 N–H and O–H groups in total. The maximum Gasteiger partial charge on any atom is 0.274 e. The quantitative estimate of drug-likeness (QED) is 0.820. The van der Waals surface area contributed by atoms with Crippen molar-refractivity contribution in [2.45, 2.75) is 33.2 Å². The average Bonchev–Trinajstić information content (AvgIpc) is 2.83. The minimum atomic E-state index is -0.0176. The Morgan fingerprint density at radius 2 is 2.24 bits per heavy atom. The molecule has 0 aliphatic carbocycles. The number of aromatic nitrogens is 3. The maximum absolute atomic E-state index is 12.7. The minimum Gasteiger partial charge on any atom is -0.333 e. The van der Waals surface area contributed by atoms with Crippen LogP contribution in [0.1, 0.15) is 41.5 Å². The number of carbonyl (C=O) groups excluding carboxylic acids is 1. The number of rotatable bonds is 6. The van der Waals surface area contributed by atoms with Crippen LogP contribution in [-0.2, 0) is 13.6 Å². The van der Waals surface area contributed by atoms with Crippen molar-refractivity contribution < 1.29 is 4.79 Å². The number of pyridine rings is 1. The van der Waals surface area contributed by atoms with Gasteiger partial charge in [0.2, 0.25) is 0 Å². The summed E-state index contributed by atoms with van der Waals surface area (Å²) in [5, 5.41) is 4.29. The smallest absolute Gasteiger partial charge is 0.274 e. The predicted octanol–water partition coefficient (Wildman–Crippen LogP) is 2.57. The number of carbonyl (C=O) groups is 1. The Morgan fingerprint density at radius 1 is 1.43 bits per heavy atom. The third-order valence-corrected chi connectivity index (χ3v) is 3.50. The lowest BCUT2D eigenvalue weighted by Gasteiger charge is -2.21. The molecular weight excluding hydrogens is 264 g/mol. The molecule has 2 rings (SSSR count). The molecule has 2 aromatic rings. The van der Waals surface area contributed by atoms with Crippen LogP contribution in [0, 0.1) is 6.92 Å². The van der Waals surface area contributed by atoms with Gasteiger partial charge < -0.3 is 4.90 Å². The van der Waals surface area contributed by atoms with Crippen molar-refractivity contribution in [1.29, 1.82) is 0 Å². The van der Waals surface area contributed by atoms with Crippen LogP contribution in [0.3, 0.4) is 0 Å². The van der Waals surface area contributed by atoms with E-state index in [4.69, 9.17) is 0 Å². The van der Waals surface area contributed by atoms with Gasteiger partial charge in [-0.05, 0) is 31.0 Å². The number of nitrogens with zero attached hydrogens (tertiary/aromatic N) is 4. The first kappa shape index (κ1) is 15.2. The Morgan fingerprint density at radius 3 is 2.81 bits per heavy atom. The average molecular weight is 286 g/mol. The summed E-state index contributed by atoms with van der Waals surface area (Å²) in [6.45, 7) is 5.38. The maximum atomic E-state index is 12.7. The lowest BCUT2D eigenvalue weighted by Crippen LogP contribution is -2.32. The molecule has 5 heteroatoms. The van der Waals surface area contributed by atoms with Crippen LogP contribution in [0.4, 0.5) is 0 Å². The van der Waals surface area contributed by atoms with Crippen LogP contribution >= 0.6 is 0 Å². The van der Waals surface area contributed by atoms with E-state index >= 15 is 0 Å². The molecule has 0 fully saturated rings. The molecule has 0 radical (unpaired) electrons. The minimum absolute atomic E-state index is 0.0176. The highest BCUT2D eigenvalue weighted by Gasteiger charge is 2.19. The zero-order valence-electron chi connectivity index (χ0n) is 12.9. The van der Waals surface area contributed by atoms with Crippen molar-refractivity contribution in [2.24, 2.45) is 7.05 Å². The molecule has 0 saturated carbocycles. The first-order valence-corrected chi connectivity index (χ1v) is 7.30. The summed E-state index contributed by atoms with van der Waals surface area (Å²) in [6, 6.07) is 5.72. The number of unbranched alkanes of at least 4 members (excludes halogenated alkanes) is 1. The van der Waals surface area contributed by atoms with E-state index in [9.17, 15) is 4.79 Å². The molecule has 0 aromatic carbocycles. The fourth-order valence-corrected chi connectivity index (χ4v) is 2.14. The van der Waals surface area contributed by atoms with Gasteiger partial charge in [0.05, 0.1) is 0 Å².